The Kier molecular flexibility index (Phi) is 4.81. The van der Waals surface area contributed by atoms with Gasteiger partial charge in [-0.1, -0.05) is 23.5 Å². The van der Waals surface area contributed by atoms with Crippen molar-refractivity contribution in [3.63, 3.8) is 0 Å². The molecule has 0 radical (unpaired) electrons. The first-order valence-electron chi connectivity index (χ1n) is 4.82. The third-order valence-corrected chi connectivity index (χ3v) is 3.19. The second-order valence-corrected chi connectivity index (χ2v) is 5.20. The van der Waals surface area contributed by atoms with Crippen molar-refractivity contribution < 1.29 is 33.4 Å². The number of aromatic nitrogens is 1. The summed E-state index contributed by atoms with van der Waals surface area (Å²) in [5.41, 5.74) is 1.36. The summed E-state index contributed by atoms with van der Waals surface area (Å²) in [5.74, 6) is 0. The number of thiazole rings is 1. The fraction of sp³-hybridized carbons (Fsp3) is 0.300. The maximum Gasteiger partial charge on any atom is 0.235 e. The quantitative estimate of drug-likeness (QED) is 0.551. The molecule has 0 bridgehead atoms. The van der Waals surface area contributed by atoms with Gasteiger partial charge >= 0.3 is 0 Å². The van der Waals surface area contributed by atoms with Gasteiger partial charge in [0.05, 0.1) is 0 Å². The summed E-state index contributed by atoms with van der Waals surface area (Å²) in [4.78, 5) is 0. The van der Waals surface area contributed by atoms with E-state index in [4.69, 9.17) is 18.6 Å². The van der Waals surface area contributed by atoms with E-state index in [0.717, 1.165) is 6.54 Å². The van der Waals surface area contributed by atoms with Gasteiger partial charge in [-0.3, -0.25) is 0 Å². The Morgan fingerprint density at radius 2 is 1.71 bits per heavy atom. The molecule has 1 aromatic heterocycles. The zero-order valence-corrected chi connectivity index (χ0v) is 11.0. The van der Waals surface area contributed by atoms with Gasteiger partial charge in [-0.15, -0.1) is 10.2 Å². The number of nitrogens with zero attached hydrogens (tertiary/aromatic N) is 1. The van der Waals surface area contributed by atoms with Gasteiger partial charge in [0, 0.05) is 13.0 Å². The van der Waals surface area contributed by atoms with E-state index in [-0.39, 0.29) is 0 Å². The van der Waals surface area contributed by atoms with Gasteiger partial charge in [-0.2, -0.15) is 4.57 Å². The summed E-state index contributed by atoms with van der Waals surface area (Å²) >= 11 is 1.87. The molecule has 1 heterocycles. The monoisotopic (exact) mass is 277 g/mol. The van der Waals surface area contributed by atoms with Crippen molar-refractivity contribution in [3.05, 3.63) is 29.3 Å². The lowest BCUT2D eigenvalue weighted by Gasteiger charge is -2.17. The highest BCUT2D eigenvalue weighted by molar-refractivity contribution is 7.18. The summed E-state index contributed by atoms with van der Waals surface area (Å²) in [6.07, 6.45) is 0. The summed E-state index contributed by atoms with van der Waals surface area (Å²) in [6, 6.07) is 8.56. The maximum absolute atomic E-state index is 8.49. The highest BCUT2D eigenvalue weighted by Gasteiger charge is 2.13. The lowest BCUT2D eigenvalue weighted by molar-refractivity contribution is -2.00. The standard InChI is InChI=1S/C10H12NS.ClHO4/c1-3-11-8(2)12-10-7-5-4-6-9(10)11;2-1(3,4)5/h4-7H,3H2,1-2H3;(H,2,3,4,5)/q+1;/p-1. The normalized spacial score (nSPS) is 11.2. The average molecular weight is 278 g/mol. The predicted molar refractivity (Wildman–Crippen MR) is 52.4 cm³/mol. The van der Waals surface area contributed by atoms with Crippen LogP contribution in [0.15, 0.2) is 24.3 Å². The molecule has 1 aromatic carbocycles. The number of hydrogen-bond acceptors (Lipinski definition) is 5. The van der Waals surface area contributed by atoms with Crippen LogP contribution in [0.2, 0.25) is 0 Å². The van der Waals surface area contributed by atoms with Crippen molar-refractivity contribution in [3.8, 4) is 0 Å². The van der Waals surface area contributed by atoms with Crippen molar-refractivity contribution in [1.29, 1.82) is 0 Å². The average Bonchev–Trinajstić information content (AvgIpc) is 2.50. The second kappa shape index (κ2) is 5.72. The van der Waals surface area contributed by atoms with Gasteiger partial charge in [0.25, 0.3) is 0 Å². The van der Waals surface area contributed by atoms with Crippen molar-refractivity contribution in [1.82, 2.24) is 0 Å². The molecule has 0 saturated heterocycles. The maximum atomic E-state index is 8.49. The minimum Gasteiger partial charge on any atom is -0.222 e. The molecule has 5 nitrogen and oxygen atoms in total. The minimum absolute atomic E-state index is 1.07. The molecule has 0 aliphatic rings. The Morgan fingerprint density at radius 1 is 1.18 bits per heavy atom. The molecule has 0 atom stereocenters. The molecule has 0 N–H and O–H groups in total. The van der Waals surface area contributed by atoms with E-state index in [2.05, 4.69) is 42.7 Å². The van der Waals surface area contributed by atoms with E-state index >= 15 is 0 Å². The SMILES string of the molecule is CC[n+]1c(C)sc2ccccc21.[O-][Cl+3]([O-])([O-])[O-]. The fourth-order valence-corrected chi connectivity index (χ4v) is 2.63. The van der Waals surface area contributed by atoms with Crippen LogP contribution in [0.5, 0.6) is 0 Å². The summed E-state index contributed by atoms with van der Waals surface area (Å²) in [5, 5.41) is 1.39. The molecule has 0 spiro atoms. The van der Waals surface area contributed by atoms with Crippen LogP contribution in [0.3, 0.4) is 0 Å². The largest absolute Gasteiger partial charge is 0.235 e. The van der Waals surface area contributed by atoms with E-state index in [1.165, 1.54) is 15.2 Å². The number of fused-ring (bicyclic) bond motifs is 1. The van der Waals surface area contributed by atoms with E-state index in [1.54, 1.807) is 0 Å². The zero-order valence-electron chi connectivity index (χ0n) is 9.38. The van der Waals surface area contributed by atoms with E-state index in [0.29, 0.717) is 0 Å². The molecule has 0 amide bonds. The van der Waals surface area contributed by atoms with Crippen LogP contribution < -0.4 is 23.2 Å². The molecule has 0 saturated carbocycles. The first kappa shape index (κ1) is 14.3. The Hall–Kier alpha value is -0.760. The van der Waals surface area contributed by atoms with Crippen LogP contribution in [0.4, 0.5) is 0 Å². The Bertz CT molecular complexity index is 489. The topological polar surface area (TPSA) is 96.1 Å². The molecule has 2 aromatic rings. The number of rotatable bonds is 1. The summed E-state index contributed by atoms with van der Waals surface area (Å²) in [7, 11) is -4.94. The zero-order chi connectivity index (χ0) is 13.1. The highest BCUT2D eigenvalue weighted by Crippen LogP contribution is 2.18. The van der Waals surface area contributed by atoms with Crippen LogP contribution in [-0.4, -0.2) is 0 Å². The molecule has 7 heteroatoms. The highest BCUT2D eigenvalue weighted by atomic mass is 35.7. The Morgan fingerprint density at radius 3 is 2.24 bits per heavy atom. The number of benzene rings is 1. The lowest BCUT2D eigenvalue weighted by atomic mass is 10.3. The van der Waals surface area contributed by atoms with Crippen molar-refractivity contribution in [2.24, 2.45) is 0 Å². The first-order valence-corrected chi connectivity index (χ1v) is 6.87. The van der Waals surface area contributed by atoms with E-state index in [9.17, 15) is 0 Å². The van der Waals surface area contributed by atoms with Gasteiger partial charge in [-0.05, 0) is 13.0 Å². The van der Waals surface area contributed by atoms with Crippen LogP contribution in [0.1, 0.15) is 11.9 Å². The Balaban J connectivity index is 0.000000249. The summed E-state index contributed by atoms with van der Waals surface area (Å²) in [6.45, 7) is 5.43. The fourth-order valence-electron chi connectivity index (χ4n) is 1.54. The van der Waals surface area contributed by atoms with Gasteiger partial charge in [0.15, 0.2) is 0 Å². The third-order valence-electron chi connectivity index (χ3n) is 2.11. The van der Waals surface area contributed by atoms with Gasteiger partial charge < -0.3 is 0 Å². The van der Waals surface area contributed by atoms with E-state index in [1.807, 2.05) is 11.3 Å². The van der Waals surface area contributed by atoms with Gasteiger partial charge in [-0.25, -0.2) is 18.6 Å². The molecule has 2 rings (SSSR count). The molecule has 17 heavy (non-hydrogen) atoms. The number of para-hydroxylation sites is 1. The van der Waals surface area contributed by atoms with Crippen molar-refractivity contribution >= 4 is 21.6 Å². The van der Waals surface area contributed by atoms with Crippen molar-refractivity contribution in [2.45, 2.75) is 20.4 Å². The number of aryl methyl sites for hydroxylation is 2. The van der Waals surface area contributed by atoms with Crippen LogP contribution in [0.25, 0.3) is 10.2 Å². The molecule has 94 valence electrons. The molecular weight excluding hydrogens is 266 g/mol. The van der Waals surface area contributed by atoms with Crippen molar-refractivity contribution in [2.75, 3.05) is 0 Å². The van der Waals surface area contributed by atoms with Gasteiger partial charge in [0.1, 0.15) is 11.2 Å². The minimum atomic E-state index is -4.94. The number of hydrogen-bond donors (Lipinski definition) is 0. The van der Waals surface area contributed by atoms with Crippen LogP contribution in [0, 0.1) is 17.2 Å². The molecule has 0 fully saturated rings. The smallest absolute Gasteiger partial charge is 0.222 e. The molecular formula is C10H12ClNO4S. The lowest BCUT2D eigenvalue weighted by Crippen LogP contribution is -2.68. The third kappa shape index (κ3) is 4.55. The predicted octanol–water partition coefficient (Wildman–Crippen LogP) is -2.24. The second-order valence-electron chi connectivity index (χ2n) is 3.21. The van der Waals surface area contributed by atoms with E-state index < -0.39 is 10.2 Å². The molecule has 0 aliphatic carbocycles. The Labute approximate surface area is 105 Å². The first-order chi connectivity index (χ1) is 7.83. The van der Waals surface area contributed by atoms with Crippen LogP contribution >= 0.6 is 11.3 Å². The molecule has 0 unspecified atom stereocenters. The molecule has 0 aliphatic heterocycles. The van der Waals surface area contributed by atoms with Crippen LogP contribution in [-0.2, 0) is 6.54 Å². The number of halogens is 1. The van der Waals surface area contributed by atoms with Gasteiger partial charge in [0.2, 0.25) is 10.5 Å². The summed E-state index contributed by atoms with van der Waals surface area (Å²) < 4.78 is 37.7.